The third-order valence-electron chi connectivity index (χ3n) is 4.55. The second-order valence-corrected chi connectivity index (χ2v) is 7.47. The first-order valence-electron chi connectivity index (χ1n) is 10.4. The van der Waals surface area contributed by atoms with Crippen molar-refractivity contribution in [1.82, 2.24) is 25.7 Å². The van der Waals surface area contributed by atoms with Crippen molar-refractivity contribution in [1.29, 1.82) is 0 Å². The van der Waals surface area contributed by atoms with Crippen LogP contribution in [0.25, 0.3) is 0 Å². The number of amides is 1. The molecule has 172 valence electrons. The van der Waals surface area contributed by atoms with Crippen LogP contribution in [0.4, 0.5) is 4.79 Å². The van der Waals surface area contributed by atoms with Crippen molar-refractivity contribution in [3.8, 4) is 0 Å². The van der Waals surface area contributed by atoms with Crippen LogP contribution in [0.3, 0.4) is 0 Å². The SMILES string of the molecule is CCOC(=O)NC(CNC(=NC)NCc1ccccc1Cn1cccn1)CC(C)C.I. The fourth-order valence-corrected chi connectivity index (χ4v) is 3.17. The maximum absolute atomic E-state index is 11.8. The number of ether oxygens (including phenoxy) is 1. The summed E-state index contributed by atoms with van der Waals surface area (Å²) < 4.78 is 6.92. The summed E-state index contributed by atoms with van der Waals surface area (Å²) in [6, 6.07) is 10.1. The minimum atomic E-state index is -0.388. The minimum Gasteiger partial charge on any atom is -0.450 e. The first kappa shape index (κ1) is 26.7. The highest BCUT2D eigenvalue weighted by atomic mass is 127. The van der Waals surface area contributed by atoms with Gasteiger partial charge in [-0.15, -0.1) is 24.0 Å². The molecule has 0 aliphatic heterocycles. The Morgan fingerprint density at radius 3 is 2.55 bits per heavy atom. The zero-order valence-corrected chi connectivity index (χ0v) is 21.1. The van der Waals surface area contributed by atoms with Gasteiger partial charge in [0.1, 0.15) is 0 Å². The summed E-state index contributed by atoms with van der Waals surface area (Å²) in [7, 11) is 1.74. The second-order valence-electron chi connectivity index (χ2n) is 7.47. The molecule has 0 aliphatic carbocycles. The predicted octanol–water partition coefficient (Wildman–Crippen LogP) is 3.38. The van der Waals surface area contributed by atoms with Gasteiger partial charge in [-0.05, 0) is 36.5 Å². The fraction of sp³-hybridized carbons (Fsp3) is 0.500. The summed E-state index contributed by atoms with van der Waals surface area (Å²) in [5.41, 5.74) is 2.38. The molecule has 0 spiro atoms. The van der Waals surface area contributed by atoms with Crippen molar-refractivity contribution in [2.45, 2.75) is 46.3 Å². The van der Waals surface area contributed by atoms with E-state index < -0.39 is 0 Å². The Labute approximate surface area is 202 Å². The molecule has 0 saturated heterocycles. The molecule has 0 fully saturated rings. The van der Waals surface area contributed by atoms with Gasteiger partial charge in [0.25, 0.3) is 0 Å². The Hall–Kier alpha value is -2.30. The van der Waals surface area contributed by atoms with E-state index in [-0.39, 0.29) is 36.1 Å². The molecule has 31 heavy (non-hydrogen) atoms. The number of benzene rings is 1. The van der Waals surface area contributed by atoms with Crippen LogP contribution in [0.1, 0.15) is 38.3 Å². The van der Waals surface area contributed by atoms with Crippen molar-refractivity contribution < 1.29 is 9.53 Å². The lowest BCUT2D eigenvalue weighted by molar-refractivity contribution is 0.146. The lowest BCUT2D eigenvalue weighted by Crippen LogP contribution is -2.47. The summed E-state index contributed by atoms with van der Waals surface area (Å²) in [5, 5.41) is 13.9. The van der Waals surface area contributed by atoms with Crippen LogP contribution in [-0.2, 0) is 17.8 Å². The summed E-state index contributed by atoms with van der Waals surface area (Å²) in [5.74, 6) is 1.13. The summed E-state index contributed by atoms with van der Waals surface area (Å²) in [6.07, 6.45) is 4.19. The molecule has 1 amide bonds. The van der Waals surface area contributed by atoms with Gasteiger partial charge in [0.15, 0.2) is 5.96 Å². The molecule has 9 heteroatoms. The fourth-order valence-electron chi connectivity index (χ4n) is 3.17. The van der Waals surface area contributed by atoms with Gasteiger partial charge in [0.05, 0.1) is 13.2 Å². The van der Waals surface area contributed by atoms with Crippen LogP contribution < -0.4 is 16.0 Å². The molecule has 1 heterocycles. The van der Waals surface area contributed by atoms with E-state index in [0.29, 0.717) is 31.6 Å². The molecule has 0 bridgehead atoms. The van der Waals surface area contributed by atoms with Gasteiger partial charge in [-0.1, -0.05) is 38.1 Å². The Balaban J connectivity index is 0.00000480. The first-order valence-corrected chi connectivity index (χ1v) is 10.4. The van der Waals surface area contributed by atoms with Crippen LogP contribution in [0.2, 0.25) is 0 Å². The van der Waals surface area contributed by atoms with Crippen LogP contribution in [0, 0.1) is 5.92 Å². The molecular weight excluding hydrogens is 507 g/mol. The first-order chi connectivity index (χ1) is 14.5. The van der Waals surface area contributed by atoms with Crippen LogP contribution in [0.5, 0.6) is 0 Å². The van der Waals surface area contributed by atoms with Crippen molar-refractivity contribution in [3.05, 3.63) is 53.9 Å². The number of nitrogens with one attached hydrogen (secondary N) is 3. The largest absolute Gasteiger partial charge is 0.450 e. The van der Waals surface area contributed by atoms with E-state index in [1.807, 2.05) is 29.1 Å². The maximum atomic E-state index is 11.8. The van der Waals surface area contributed by atoms with Gasteiger partial charge in [-0.25, -0.2) is 4.79 Å². The van der Waals surface area contributed by atoms with Crippen molar-refractivity contribution >= 4 is 36.0 Å². The zero-order chi connectivity index (χ0) is 21.8. The van der Waals surface area contributed by atoms with Crippen molar-refractivity contribution in [2.24, 2.45) is 10.9 Å². The van der Waals surface area contributed by atoms with E-state index in [1.165, 1.54) is 11.1 Å². The normalized spacial score (nSPS) is 12.1. The third kappa shape index (κ3) is 10.0. The van der Waals surface area contributed by atoms with Gasteiger partial charge in [0, 0.05) is 38.6 Å². The van der Waals surface area contributed by atoms with Crippen LogP contribution in [-0.4, -0.2) is 48.1 Å². The third-order valence-corrected chi connectivity index (χ3v) is 4.55. The summed E-state index contributed by atoms with van der Waals surface area (Å²) >= 11 is 0. The van der Waals surface area contributed by atoms with Gasteiger partial charge in [-0.3, -0.25) is 9.67 Å². The van der Waals surface area contributed by atoms with Gasteiger partial charge < -0.3 is 20.7 Å². The van der Waals surface area contributed by atoms with Gasteiger partial charge in [-0.2, -0.15) is 5.10 Å². The van der Waals surface area contributed by atoms with E-state index in [9.17, 15) is 4.79 Å². The number of aromatic nitrogens is 2. The molecular formula is C22H35IN6O2. The molecule has 1 aromatic heterocycles. The number of hydrogen-bond acceptors (Lipinski definition) is 4. The molecule has 2 rings (SSSR count). The second kappa shape index (κ2) is 14.7. The number of hydrogen-bond donors (Lipinski definition) is 3. The van der Waals surface area contributed by atoms with Crippen LogP contribution in [0.15, 0.2) is 47.7 Å². The smallest absolute Gasteiger partial charge is 0.407 e. The van der Waals surface area contributed by atoms with Crippen molar-refractivity contribution in [3.63, 3.8) is 0 Å². The summed E-state index contributed by atoms with van der Waals surface area (Å²) in [4.78, 5) is 16.1. The molecule has 1 atom stereocenters. The van der Waals surface area contributed by atoms with E-state index in [2.05, 4.69) is 52.0 Å². The zero-order valence-electron chi connectivity index (χ0n) is 18.8. The quantitative estimate of drug-likeness (QED) is 0.243. The topological polar surface area (TPSA) is 92.6 Å². The standard InChI is InChI=1S/C22H34N6O2.HI/c1-5-30-22(29)27-20(13-17(2)3)15-25-21(23-4)24-14-18-9-6-7-10-19(18)16-28-12-8-11-26-28;/h6-12,17,20H,5,13-16H2,1-4H3,(H,27,29)(H2,23,24,25);1H. The van der Waals surface area contributed by atoms with Crippen molar-refractivity contribution in [2.75, 3.05) is 20.2 Å². The molecule has 0 radical (unpaired) electrons. The number of carbonyl (C=O) groups is 1. The molecule has 3 N–H and O–H groups in total. The van der Waals surface area contributed by atoms with Gasteiger partial charge >= 0.3 is 6.09 Å². The molecule has 1 aromatic carbocycles. The van der Waals surface area contributed by atoms with Crippen LogP contribution >= 0.6 is 24.0 Å². The highest BCUT2D eigenvalue weighted by Gasteiger charge is 2.15. The lowest BCUT2D eigenvalue weighted by atomic mass is 10.0. The number of guanidine groups is 1. The van der Waals surface area contributed by atoms with Gasteiger partial charge in [0.2, 0.25) is 0 Å². The molecule has 0 saturated carbocycles. The average molecular weight is 542 g/mol. The van der Waals surface area contributed by atoms with E-state index in [0.717, 1.165) is 13.0 Å². The van der Waals surface area contributed by atoms with E-state index in [1.54, 1.807) is 20.2 Å². The number of carbonyl (C=O) groups excluding carboxylic acids is 1. The predicted molar refractivity (Wildman–Crippen MR) is 135 cm³/mol. The summed E-state index contributed by atoms with van der Waals surface area (Å²) in [6.45, 7) is 8.33. The Kier molecular flexibility index (Phi) is 12.6. The number of aliphatic imine (C=N–C) groups is 1. The highest BCUT2D eigenvalue weighted by molar-refractivity contribution is 14.0. The molecule has 2 aromatic rings. The van der Waals surface area contributed by atoms with E-state index >= 15 is 0 Å². The molecule has 1 unspecified atom stereocenters. The average Bonchev–Trinajstić information content (AvgIpc) is 3.22. The number of halogens is 1. The molecule has 0 aliphatic rings. The Morgan fingerprint density at radius 1 is 1.19 bits per heavy atom. The molecule has 8 nitrogen and oxygen atoms in total. The lowest BCUT2D eigenvalue weighted by Gasteiger charge is -2.22. The monoisotopic (exact) mass is 542 g/mol. The number of alkyl carbamates (subject to hydrolysis) is 1. The van der Waals surface area contributed by atoms with E-state index in [4.69, 9.17) is 4.74 Å². The number of nitrogens with zero attached hydrogens (tertiary/aromatic N) is 3. The Bertz CT molecular complexity index is 795. The minimum absolute atomic E-state index is 0. The maximum Gasteiger partial charge on any atom is 0.407 e. The highest BCUT2D eigenvalue weighted by Crippen LogP contribution is 2.10. The Morgan fingerprint density at radius 2 is 1.94 bits per heavy atom. The number of rotatable bonds is 10.